The number of nitrogens with one attached hydrogen (secondary N) is 2. The maximum Gasteiger partial charge on any atom is 0.261 e. The van der Waals surface area contributed by atoms with Gasteiger partial charge in [-0.3, -0.25) is 19.3 Å². The SMILES string of the molecule is Cc1ccc([C@@H](C(=O)NCc2ccco2)N(C(=O)CNC(=O)c2cccs2)c2ccc3c(c2)OCO3)cc1. The Labute approximate surface area is 223 Å². The number of amides is 3. The molecule has 2 N–H and O–H groups in total. The number of rotatable bonds is 9. The molecule has 9 nitrogen and oxygen atoms in total. The molecule has 2 aromatic carbocycles. The van der Waals surface area contributed by atoms with Crippen LogP contribution >= 0.6 is 11.3 Å². The Balaban J connectivity index is 1.49. The molecule has 0 bridgehead atoms. The predicted octanol–water partition coefficient (Wildman–Crippen LogP) is 4.20. The van der Waals surface area contributed by atoms with Gasteiger partial charge in [-0.25, -0.2) is 0 Å². The molecule has 0 unspecified atom stereocenters. The summed E-state index contributed by atoms with van der Waals surface area (Å²) in [5.74, 6) is 0.314. The summed E-state index contributed by atoms with van der Waals surface area (Å²) in [5.41, 5.74) is 2.03. The molecule has 5 rings (SSSR count). The van der Waals surface area contributed by atoms with E-state index in [1.165, 1.54) is 22.5 Å². The average Bonchev–Trinajstić information content (AvgIpc) is 3.72. The molecule has 0 fully saturated rings. The molecule has 2 aromatic heterocycles. The van der Waals surface area contributed by atoms with Crippen LogP contribution in [0.25, 0.3) is 0 Å². The fraction of sp³-hybridized carbons (Fsp3) is 0.179. The molecule has 194 valence electrons. The van der Waals surface area contributed by atoms with Gasteiger partial charge in [-0.2, -0.15) is 0 Å². The Bertz CT molecular complexity index is 1420. The van der Waals surface area contributed by atoms with Gasteiger partial charge in [0.25, 0.3) is 5.91 Å². The molecular formula is C28H25N3O6S. The summed E-state index contributed by atoms with van der Waals surface area (Å²) in [4.78, 5) is 41.9. The lowest BCUT2D eigenvalue weighted by Gasteiger charge is -2.31. The molecule has 1 atom stereocenters. The van der Waals surface area contributed by atoms with E-state index in [0.29, 0.717) is 33.4 Å². The smallest absolute Gasteiger partial charge is 0.261 e. The van der Waals surface area contributed by atoms with E-state index in [4.69, 9.17) is 13.9 Å². The average molecular weight is 532 g/mol. The van der Waals surface area contributed by atoms with Gasteiger partial charge in [0.2, 0.25) is 18.6 Å². The molecule has 0 aliphatic carbocycles. The first kappa shape index (κ1) is 25.1. The Morgan fingerprint density at radius 2 is 1.79 bits per heavy atom. The monoisotopic (exact) mass is 531 g/mol. The van der Waals surface area contributed by atoms with Gasteiger partial charge in [-0.05, 0) is 48.2 Å². The van der Waals surface area contributed by atoms with Crippen molar-refractivity contribution in [2.45, 2.75) is 19.5 Å². The third-order valence-corrected chi connectivity index (χ3v) is 6.83. The zero-order valence-electron chi connectivity index (χ0n) is 20.5. The first-order chi connectivity index (χ1) is 18.5. The third-order valence-electron chi connectivity index (χ3n) is 5.96. The van der Waals surface area contributed by atoms with E-state index >= 15 is 0 Å². The Hall–Kier alpha value is -4.57. The number of fused-ring (bicyclic) bond motifs is 1. The lowest BCUT2D eigenvalue weighted by molar-refractivity contribution is -0.126. The number of furan rings is 1. The van der Waals surface area contributed by atoms with Crippen LogP contribution in [0.4, 0.5) is 5.69 Å². The minimum atomic E-state index is -1.04. The van der Waals surface area contributed by atoms with Crippen molar-refractivity contribution in [3.8, 4) is 11.5 Å². The van der Waals surface area contributed by atoms with Crippen LogP contribution < -0.4 is 25.0 Å². The van der Waals surface area contributed by atoms with Gasteiger partial charge in [-0.1, -0.05) is 35.9 Å². The number of ether oxygens (including phenoxy) is 2. The predicted molar refractivity (Wildman–Crippen MR) is 141 cm³/mol. The highest BCUT2D eigenvalue weighted by Crippen LogP contribution is 2.38. The normalized spacial score (nSPS) is 12.6. The fourth-order valence-corrected chi connectivity index (χ4v) is 4.70. The molecule has 4 aromatic rings. The van der Waals surface area contributed by atoms with Crippen LogP contribution in [0, 0.1) is 6.92 Å². The summed E-state index contributed by atoms with van der Waals surface area (Å²) in [5, 5.41) is 7.33. The quantitative estimate of drug-likeness (QED) is 0.335. The fourth-order valence-electron chi connectivity index (χ4n) is 4.06. The van der Waals surface area contributed by atoms with E-state index in [-0.39, 0.29) is 25.8 Å². The summed E-state index contributed by atoms with van der Waals surface area (Å²) < 4.78 is 16.3. The van der Waals surface area contributed by atoms with E-state index in [1.807, 2.05) is 31.2 Å². The largest absolute Gasteiger partial charge is 0.467 e. The molecule has 3 amide bonds. The number of hydrogen-bond donors (Lipinski definition) is 2. The van der Waals surface area contributed by atoms with Crippen molar-refractivity contribution >= 4 is 34.7 Å². The van der Waals surface area contributed by atoms with Crippen LogP contribution in [-0.2, 0) is 16.1 Å². The second-order valence-electron chi connectivity index (χ2n) is 8.57. The van der Waals surface area contributed by atoms with E-state index in [0.717, 1.165) is 5.56 Å². The summed E-state index contributed by atoms with van der Waals surface area (Å²) in [6.45, 7) is 1.83. The summed E-state index contributed by atoms with van der Waals surface area (Å²) >= 11 is 1.28. The highest BCUT2D eigenvalue weighted by atomic mass is 32.1. The van der Waals surface area contributed by atoms with E-state index in [1.54, 1.807) is 47.8 Å². The zero-order chi connectivity index (χ0) is 26.5. The van der Waals surface area contributed by atoms with Crippen molar-refractivity contribution in [2.75, 3.05) is 18.2 Å². The van der Waals surface area contributed by atoms with Crippen molar-refractivity contribution in [3.05, 3.63) is 100 Å². The van der Waals surface area contributed by atoms with E-state index in [2.05, 4.69) is 10.6 Å². The highest BCUT2D eigenvalue weighted by molar-refractivity contribution is 7.12. The second kappa shape index (κ2) is 11.2. The minimum Gasteiger partial charge on any atom is -0.467 e. The molecular weight excluding hydrogens is 506 g/mol. The number of hydrogen-bond acceptors (Lipinski definition) is 7. The Morgan fingerprint density at radius 1 is 0.974 bits per heavy atom. The lowest BCUT2D eigenvalue weighted by atomic mass is 10.0. The topological polar surface area (TPSA) is 110 Å². The second-order valence-corrected chi connectivity index (χ2v) is 9.52. The van der Waals surface area contributed by atoms with Crippen molar-refractivity contribution in [2.24, 2.45) is 0 Å². The molecule has 1 aliphatic heterocycles. The van der Waals surface area contributed by atoms with Gasteiger partial charge < -0.3 is 24.5 Å². The van der Waals surface area contributed by atoms with Crippen LogP contribution in [0.15, 0.2) is 82.8 Å². The van der Waals surface area contributed by atoms with Gasteiger partial charge in [0, 0.05) is 11.8 Å². The van der Waals surface area contributed by atoms with Crippen molar-refractivity contribution in [1.82, 2.24) is 10.6 Å². The highest BCUT2D eigenvalue weighted by Gasteiger charge is 2.34. The maximum absolute atomic E-state index is 13.8. The van der Waals surface area contributed by atoms with Crippen LogP contribution in [0.1, 0.15) is 32.6 Å². The molecule has 38 heavy (non-hydrogen) atoms. The molecule has 0 radical (unpaired) electrons. The van der Waals surface area contributed by atoms with E-state index in [9.17, 15) is 14.4 Å². The number of benzene rings is 2. The van der Waals surface area contributed by atoms with Gasteiger partial charge in [-0.15, -0.1) is 11.3 Å². The molecule has 0 saturated carbocycles. The van der Waals surface area contributed by atoms with Crippen molar-refractivity contribution in [1.29, 1.82) is 0 Å². The number of thiophene rings is 1. The number of carbonyl (C=O) groups excluding carboxylic acids is 3. The van der Waals surface area contributed by atoms with Crippen LogP contribution in [0.2, 0.25) is 0 Å². The summed E-state index contributed by atoms with van der Waals surface area (Å²) in [6, 6.07) is 18.3. The van der Waals surface area contributed by atoms with Gasteiger partial charge in [0.05, 0.1) is 24.2 Å². The molecule has 1 aliphatic rings. The number of nitrogens with zero attached hydrogens (tertiary/aromatic N) is 1. The molecule has 10 heteroatoms. The molecule has 0 saturated heterocycles. The van der Waals surface area contributed by atoms with Crippen LogP contribution in [-0.4, -0.2) is 31.1 Å². The number of anilines is 1. The van der Waals surface area contributed by atoms with Crippen molar-refractivity contribution < 1.29 is 28.3 Å². The zero-order valence-corrected chi connectivity index (χ0v) is 21.3. The van der Waals surface area contributed by atoms with Gasteiger partial charge in [0.15, 0.2) is 11.5 Å². The standard InChI is InChI=1S/C28H25N3O6S/c1-18-6-8-19(9-7-18)26(28(34)29-15-21-4-2-12-35-21)31(20-10-11-22-23(14-20)37-17-36-22)25(32)16-30-27(33)24-5-3-13-38-24/h2-14,26H,15-17H2,1H3,(H,29,34)(H,30,33)/t26-/m0/s1. The van der Waals surface area contributed by atoms with Gasteiger partial charge >= 0.3 is 0 Å². The molecule has 3 heterocycles. The number of carbonyl (C=O) groups is 3. The first-order valence-electron chi connectivity index (χ1n) is 11.9. The van der Waals surface area contributed by atoms with Crippen LogP contribution in [0.3, 0.4) is 0 Å². The summed E-state index contributed by atoms with van der Waals surface area (Å²) in [7, 11) is 0. The van der Waals surface area contributed by atoms with Crippen LogP contribution in [0.5, 0.6) is 11.5 Å². The first-order valence-corrected chi connectivity index (χ1v) is 12.8. The lowest BCUT2D eigenvalue weighted by Crippen LogP contribution is -2.47. The Kier molecular flexibility index (Phi) is 7.41. The summed E-state index contributed by atoms with van der Waals surface area (Å²) in [6.07, 6.45) is 1.53. The van der Waals surface area contributed by atoms with E-state index < -0.39 is 17.9 Å². The molecule has 0 spiro atoms. The Morgan fingerprint density at radius 3 is 2.53 bits per heavy atom. The van der Waals surface area contributed by atoms with Crippen molar-refractivity contribution in [3.63, 3.8) is 0 Å². The minimum absolute atomic E-state index is 0.0641. The number of aryl methyl sites for hydroxylation is 1. The van der Waals surface area contributed by atoms with Gasteiger partial charge in [0.1, 0.15) is 11.8 Å². The third kappa shape index (κ3) is 5.55. The maximum atomic E-state index is 13.8.